The van der Waals surface area contributed by atoms with Crippen LogP contribution in [0.15, 0.2) is 60.7 Å². The third kappa shape index (κ3) is 2.71. The SMILES string of the molecule is NC(=S)c1ccc(Nc2cccc(F)c2)c2ccccc12. The van der Waals surface area contributed by atoms with E-state index in [1.54, 1.807) is 6.07 Å². The quantitative estimate of drug-likeness (QED) is 0.705. The fourth-order valence-electron chi connectivity index (χ4n) is 2.34. The summed E-state index contributed by atoms with van der Waals surface area (Å²) in [4.78, 5) is 0.364. The van der Waals surface area contributed by atoms with Crippen LogP contribution in [0.2, 0.25) is 0 Å². The lowest BCUT2D eigenvalue weighted by molar-refractivity contribution is 0.628. The van der Waals surface area contributed by atoms with Crippen LogP contribution >= 0.6 is 12.2 Å². The fraction of sp³-hybridized carbons (Fsp3) is 0. The van der Waals surface area contributed by atoms with E-state index in [1.807, 2.05) is 42.5 Å². The van der Waals surface area contributed by atoms with Gasteiger partial charge in [-0.15, -0.1) is 0 Å². The van der Waals surface area contributed by atoms with Crippen molar-refractivity contribution in [2.75, 3.05) is 5.32 Å². The maximum atomic E-state index is 13.3. The highest BCUT2D eigenvalue weighted by atomic mass is 32.1. The summed E-state index contributed by atoms with van der Waals surface area (Å²) < 4.78 is 13.3. The van der Waals surface area contributed by atoms with Gasteiger partial charge in [-0.3, -0.25) is 0 Å². The molecule has 0 aromatic heterocycles. The predicted molar refractivity (Wildman–Crippen MR) is 89.5 cm³/mol. The van der Waals surface area contributed by atoms with Gasteiger partial charge in [0.1, 0.15) is 10.8 Å². The zero-order chi connectivity index (χ0) is 14.8. The Morgan fingerprint density at radius 3 is 2.43 bits per heavy atom. The van der Waals surface area contributed by atoms with Gasteiger partial charge in [0.25, 0.3) is 0 Å². The largest absolute Gasteiger partial charge is 0.389 e. The third-order valence-corrected chi connectivity index (χ3v) is 3.51. The van der Waals surface area contributed by atoms with E-state index in [2.05, 4.69) is 5.32 Å². The Morgan fingerprint density at radius 2 is 1.71 bits per heavy atom. The summed E-state index contributed by atoms with van der Waals surface area (Å²) >= 11 is 5.09. The fourth-order valence-corrected chi connectivity index (χ4v) is 2.52. The van der Waals surface area contributed by atoms with Gasteiger partial charge in [0.05, 0.1) is 0 Å². The van der Waals surface area contributed by atoms with Crippen molar-refractivity contribution in [1.82, 2.24) is 0 Å². The van der Waals surface area contributed by atoms with Crippen molar-refractivity contribution in [3.05, 3.63) is 72.0 Å². The number of halogens is 1. The van der Waals surface area contributed by atoms with E-state index in [0.29, 0.717) is 10.7 Å². The second-order valence-electron chi connectivity index (χ2n) is 4.71. The van der Waals surface area contributed by atoms with Crippen molar-refractivity contribution < 1.29 is 4.39 Å². The average Bonchev–Trinajstić information content (AvgIpc) is 2.47. The number of thiocarbonyl (C=S) groups is 1. The molecule has 21 heavy (non-hydrogen) atoms. The highest BCUT2D eigenvalue weighted by Crippen LogP contribution is 2.29. The Labute approximate surface area is 127 Å². The zero-order valence-corrected chi connectivity index (χ0v) is 12.0. The molecular weight excluding hydrogens is 283 g/mol. The first-order valence-corrected chi connectivity index (χ1v) is 6.90. The summed E-state index contributed by atoms with van der Waals surface area (Å²) in [5.41, 5.74) is 8.18. The molecule has 0 aliphatic rings. The van der Waals surface area contributed by atoms with Crippen LogP contribution in [0.1, 0.15) is 5.56 Å². The zero-order valence-electron chi connectivity index (χ0n) is 11.1. The van der Waals surface area contributed by atoms with E-state index in [0.717, 1.165) is 22.0 Å². The third-order valence-electron chi connectivity index (χ3n) is 3.29. The second kappa shape index (κ2) is 5.50. The summed E-state index contributed by atoms with van der Waals surface area (Å²) in [5, 5.41) is 5.20. The smallest absolute Gasteiger partial charge is 0.125 e. The number of hydrogen-bond acceptors (Lipinski definition) is 2. The van der Waals surface area contributed by atoms with Crippen molar-refractivity contribution in [2.45, 2.75) is 0 Å². The number of nitrogens with one attached hydrogen (secondary N) is 1. The number of hydrogen-bond donors (Lipinski definition) is 2. The van der Waals surface area contributed by atoms with Crippen LogP contribution in [0.5, 0.6) is 0 Å². The molecule has 0 fully saturated rings. The van der Waals surface area contributed by atoms with Crippen LogP contribution in [0.4, 0.5) is 15.8 Å². The van der Waals surface area contributed by atoms with Crippen LogP contribution in [-0.2, 0) is 0 Å². The molecule has 0 amide bonds. The van der Waals surface area contributed by atoms with Crippen LogP contribution in [0, 0.1) is 5.82 Å². The maximum absolute atomic E-state index is 13.3. The van der Waals surface area contributed by atoms with E-state index < -0.39 is 0 Å². The predicted octanol–water partition coefficient (Wildman–Crippen LogP) is 4.36. The molecule has 0 aliphatic carbocycles. The van der Waals surface area contributed by atoms with Crippen LogP contribution in [0.3, 0.4) is 0 Å². The van der Waals surface area contributed by atoms with Gasteiger partial charge < -0.3 is 11.1 Å². The lowest BCUT2D eigenvalue weighted by Crippen LogP contribution is -2.10. The first-order chi connectivity index (χ1) is 10.1. The highest BCUT2D eigenvalue weighted by molar-refractivity contribution is 7.80. The minimum Gasteiger partial charge on any atom is -0.389 e. The van der Waals surface area contributed by atoms with E-state index in [-0.39, 0.29) is 5.82 Å². The van der Waals surface area contributed by atoms with Crippen LogP contribution in [-0.4, -0.2) is 4.99 Å². The van der Waals surface area contributed by atoms with Gasteiger partial charge in [-0.2, -0.15) is 0 Å². The van der Waals surface area contributed by atoms with E-state index in [4.69, 9.17) is 18.0 Å². The summed E-state index contributed by atoms with van der Waals surface area (Å²) in [5.74, 6) is -0.274. The topological polar surface area (TPSA) is 38.0 Å². The second-order valence-corrected chi connectivity index (χ2v) is 5.15. The Balaban J connectivity index is 2.12. The maximum Gasteiger partial charge on any atom is 0.125 e. The Hall–Kier alpha value is -2.46. The molecule has 3 aromatic rings. The molecule has 0 saturated heterocycles. The molecule has 3 aromatic carbocycles. The van der Waals surface area contributed by atoms with Gasteiger partial charge in [0, 0.05) is 22.3 Å². The lowest BCUT2D eigenvalue weighted by atomic mass is 10.0. The summed E-state index contributed by atoms with van der Waals surface area (Å²) in [6, 6.07) is 18.0. The minimum atomic E-state index is -0.274. The van der Waals surface area contributed by atoms with Crippen molar-refractivity contribution in [1.29, 1.82) is 0 Å². The van der Waals surface area contributed by atoms with Crippen molar-refractivity contribution in [3.8, 4) is 0 Å². The van der Waals surface area contributed by atoms with Gasteiger partial charge in [0.15, 0.2) is 0 Å². The molecule has 0 saturated carbocycles. The molecule has 0 spiro atoms. The monoisotopic (exact) mass is 296 g/mol. The number of nitrogens with two attached hydrogens (primary N) is 1. The molecule has 2 nitrogen and oxygen atoms in total. The van der Waals surface area contributed by atoms with Gasteiger partial charge in [-0.05, 0) is 35.7 Å². The Morgan fingerprint density at radius 1 is 0.952 bits per heavy atom. The summed E-state index contributed by atoms with van der Waals surface area (Å²) in [7, 11) is 0. The molecule has 3 N–H and O–H groups in total. The summed E-state index contributed by atoms with van der Waals surface area (Å²) in [6.45, 7) is 0. The van der Waals surface area contributed by atoms with Gasteiger partial charge in [-0.1, -0.05) is 42.5 Å². The van der Waals surface area contributed by atoms with E-state index in [9.17, 15) is 4.39 Å². The van der Waals surface area contributed by atoms with Gasteiger partial charge >= 0.3 is 0 Å². The van der Waals surface area contributed by atoms with Gasteiger partial charge in [0.2, 0.25) is 0 Å². The van der Waals surface area contributed by atoms with Crippen molar-refractivity contribution in [2.24, 2.45) is 5.73 Å². The molecule has 0 radical (unpaired) electrons. The molecular formula is C17H13FN2S. The Bertz CT molecular complexity index is 830. The highest BCUT2D eigenvalue weighted by Gasteiger charge is 2.07. The molecule has 0 atom stereocenters. The van der Waals surface area contributed by atoms with E-state index >= 15 is 0 Å². The number of fused-ring (bicyclic) bond motifs is 1. The lowest BCUT2D eigenvalue weighted by Gasteiger charge is -2.12. The molecule has 3 rings (SSSR count). The van der Waals surface area contributed by atoms with Crippen molar-refractivity contribution >= 4 is 39.4 Å². The number of rotatable bonds is 3. The number of benzene rings is 3. The molecule has 0 heterocycles. The molecule has 4 heteroatoms. The van der Waals surface area contributed by atoms with E-state index in [1.165, 1.54) is 12.1 Å². The molecule has 0 aliphatic heterocycles. The van der Waals surface area contributed by atoms with Crippen LogP contribution in [0.25, 0.3) is 10.8 Å². The minimum absolute atomic E-state index is 0.274. The first-order valence-electron chi connectivity index (χ1n) is 6.49. The molecule has 104 valence electrons. The summed E-state index contributed by atoms with van der Waals surface area (Å²) in [6.07, 6.45) is 0. The molecule has 0 bridgehead atoms. The van der Waals surface area contributed by atoms with Crippen LogP contribution < -0.4 is 11.1 Å². The molecule has 0 unspecified atom stereocenters. The van der Waals surface area contributed by atoms with Crippen molar-refractivity contribution in [3.63, 3.8) is 0 Å². The standard InChI is InChI=1S/C17H13FN2S/c18-11-4-3-5-12(10-11)20-16-9-8-15(17(19)21)13-6-1-2-7-14(13)16/h1-10,20H,(H2,19,21). The average molecular weight is 296 g/mol. The normalized spacial score (nSPS) is 10.5. The number of anilines is 2. The van der Waals surface area contributed by atoms with Gasteiger partial charge in [-0.25, -0.2) is 4.39 Å². The Kier molecular flexibility index (Phi) is 3.54. The first kappa shape index (κ1) is 13.5.